The Bertz CT molecular complexity index is 520. The van der Waals surface area contributed by atoms with Gasteiger partial charge < -0.3 is 0 Å². The summed E-state index contributed by atoms with van der Waals surface area (Å²) < 4.78 is 12.9. The molecule has 0 heterocycles. The van der Waals surface area contributed by atoms with Crippen LogP contribution in [0.25, 0.3) is 0 Å². The second-order valence-electron chi connectivity index (χ2n) is 5.84. The SMILES string of the molecule is C[S][Ti]([O]c1ccccc1)([O]c1ccccc1)[C](C)(C)C.Cl.Cl. The Balaban J connectivity index is 0.00000242. The largest absolute Gasteiger partial charge is 0.147 e. The molecule has 0 unspecified atom stereocenters. The molecule has 0 fully saturated rings. The molecule has 0 aromatic heterocycles. The maximum atomic E-state index is 6.45. The van der Waals surface area contributed by atoms with Gasteiger partial charge in [-0.3, -0.25) is 0 Å². The first-order chi connectivity index (χ1) is 9.97. The van der Waals surface area contributed by atoms with Crippen LogP contribution in [-0.2, 0) is 16.1 Å². The summed E-state index contributed by atoms with van der Waals surface area (Å²) in [6.07, 6.45) is 2.09. The van der Waals surface area contributed by atoms with Gasteiger partial charge in [0.25, 0.3) is 0 Å². The number of rotatable bonds is 5. The van der Waals surface area contributed by atoms with E-state index in [2.05, 4.69) is 27.0 Å². The van der Waals surface area contributed by atoms with E-state index in [1.165, 1.54) is 0 Å². The third kappa shape index (κ3) is 5.92. The van der Waals surface area contributed by atoms with E-state index in [0.717, 1.165) is 11.5 Å². The average Bonchev–Trinajstić information content (AvgIpc) is 2.47. The molecule has 0 bridgehead atoms. The van der Waals surface area contributed by atoms with E-state index in [-0.39, 0.29) is 28.5 Å². The van der Waals surface area contributed by atoms with Crippen molar-refractivity contribution in [1.29, 1.82) is 0 Å². The monoisotopic (exact) mass is 410 g/mol. The molecule has 0 aliphatic heterocycles. The summed E-state index contributed by atoms with van der Waals surface area (Å²) in [5.74, 6) is 1.77. The van der Waals surface area contributed by atoms with Crippen molar-refractivity contribution >= 4 is 34.2 Å². The number of para-hydroxylation sites is 2. The van der Waals surface area contributed by atoms with Crippen LogP contribution >= 0.6 is 34.2 Å². The second kappa shape index (κ2) is 9.85. The van der Waals surface area contributed by atoms with E-state index in [4.69, 9.17) is 6.64 Å². The molecule has 23 heavy (non-hydrogen) atoms. The molecular formula is C17H24Cl2O2STi. The third-order valence-electron chi connectivity index (χ3n) is 3.18. The Morgan fingerprint density at radius 1 is 0.739 bits per heavy atom. The fourth-order valence-corrected chi connectivity index (χ4v) is 9.64. The third-order valence-corrected chi connectivity index (χ3v) is 13.9. The van der Waals surface area contributed by atoms with Gasteiger partial charge in [-0.15, -0.1) is 24.8 Å². The second-order valence-corrected chi connectivity index (χ2v) is 15.1. The average molecular weight is 411 g/mol. The Labute approximate surface area is 159 Å². The molecule has 0 aliphatic carbocycles. The zero-order valence-electron chi connectivity index (χ0n) is 13.8. The van der Waals surface area contributed by atoms with E-state index in [1.54, 1.807) is 9.35 Å². The van der Waals surface area contributed by atoms with Crippen LogP contribution in [0.2, 0.25) is 3.72 Å². The fraction of sp³-hybridized carbons (Fsp3) is 0.294. The molecule has 0 aliphatic rings. The molecular weight excluding hydrogens is 387 g/mol. The van der Waals surface area contributed by atoms with Crippen molar-refractivity contribution in [1.82, 2.24) is 0 Å². The smallest absolute Gasteiger partial charge is 0.147 e. The number of hydrogen-bond donors (Lipinski definition) is 0. The van der Waals surface area contributed by atoms with Crippen molar-refractivity contribution in [3.8, 4) is 11.5 Å². The summed E-state index contributed by atoms with van der Waals surface area (Å²) in [6.45, 7) is 6.61. The summed E-state index contributed by atoms with van der Waals surface area (Å²) in [5, 5.41) is 0. The number of hydrogen-bond acceptors (Lipinski definition) is 3. The molecule has 0 amide bonds. The predicted molar refractivity (Wildman–Crippen MR) is 102 cm³/mol. The van der Waals surface area contributed by atoms with Crippen LogP contribution in [0.5, 0.6) is 11.5 Å². The molecule has 6 heteroatoms. The molecule has 2 aromatic rings. The zero-order valence-corrected chi connectivity index (χ0v) is 17.8. The number of benzene rings is 2. The van der Waals surface area contributed by atoms with Crippen molar-refractivity contribution in [2.75, 3.05) is 6.26 Å². The van der Waals surface area contributed by atoms with Crippen LogP contribution < -0.4 is 6.64 Å². The summed E-state index contributed by atoms with van der Waals surface area (Å²) in [6, 6.07) is 20.0. The van der Waals surface area contributed by atoms with Crippen molar-refractivity contribution in [3.63, 3.8) is 0 Å². The normalized spacial score (nSPS) is 11.0. The molecule has 2 nitrogen and oxygen atoms in total. The predicted octanol–water partition coefficient (Wildman–Crippen LogP) is 6.47. The molecule has 0 saturated heterocycles. The van der Waals surface area contributed by atoms with Gasteiger partial charge in [-0.25, -0.2) is 0 Å². The van der Waals surface area contributed by atoms with E-state index in [1.807, 2.05) is 60.7 Å². The van der Waals surface area contributed by atoms with Crippen molar-refractivity contribution in [2.45, 2.75) is 24.5 Å². The summed E-state index contributed by atoms with van der Waals surface area (Å²) >= 11 is -3.15. The summed E-state index contributed by atoms with van der Waals surface area (Å²) in [4.78, 5) is 0. The van der Waals surface area contributed by atoms with Crippen LogP contribution in [0, 0.1) is 0 Å². The minimum absolute atomic E-state index is 0. The van der Waals surface area contributed by atoms with Crippen LogP contribution in [-0.4, -0.2) is 6.26 Å². The van der Waals surface area contributed by atoms with E-state index in [9.17, 15) is 0 Å². The van der Waals surface area contributed by atoms with Gasteiger partial charge in [0.1, 0.15) is 0 Å². The molecule has 2 aromatic carbocycles. The maximum absolute atomic E-state index is 6.45. The first-order valence-electron chi connectivity index (χ1n) is 7.00. The van der Waals surface area contributed by atoms with Crippen molar-refractivity contribution in [3.05, 3.63) is 60.7 Å². The molecule has 0 saturated carbocycles. The summed E-state index contributed by atoms with van der Waals surface area (Å²) in [5.41, 5.74) is 0. The first kappa shape index (κ1) is 22.7. The topological polar surface area (TPSA) is 18.5 Å². The van der Waals surface area contributed by atoms with Gasteiger partial charge >= 0.3 is 135 Å². The van der Waals surface area contributed by atoms with E-state index < -0.39 is 16.1 Å². The molecule has 128 valence electrons. The van der Waals surface area contributed by atoms with E-state index >= 15 is 0 Å². The van der Waals surface area contributed by atoms with Gasteiger partial charge in [0.15, 0.2) is 0 Å². The van der Waals surface area contributed by atoms with Gasteiger partial charge in [-0.05, 0) is 0 Å². The van der Waals surface area contributed by atoms with Gasteiger partial charge in [0, 0.05) is 0 Å². The zero-order chi connectivity index (χ0) is 15.3. The van der Waals surface area contributed by atoms with E-state index in [0.29, 0.717) is 0 Å². The Kier molecular flexibility index (Phi) is 9.72. The standard InChI is InChI=1S/2C6H6O.C4H9.CH4S.2ClH.Ti/c2*7-6-4-2-1-3-5-6;1-4(2)3;1-2;;;/h2*1-5,7H;1-3H3;2H,1H3;2*1H;/q;;;;;;+3/p-3. The van der Waals surface area contributed by atoms with Crippen LogP contribution in [0.1, 0.15) is 20.8 Å². The van der Waals surface area contributed by atoms with Crippen LogP contribution in [0.15, 0.2) is 60.7 Å². The Morgan fingerprint density at radius 2 is 1.09 bits per heavy atom. The van der Waals surface area contributed by atoms with Gasteiger partial charge in [-0.2, -0.15) is 0 Å². The van der Waals surface area contributed by atoms with Gasteiger partial charge in [0.2, 0.25) is 0 Å². The quantitative estimate of drug-likeness (QED) is 0.526. The molecule has 0 atom stereocenters. The Morgan fingerprint density at radius 3 is 1.35 bits per heavy atom. The van der Waals surface area contributed by atoms with Crippen LogP contribution in [0.4, 0.5) is 0 Å². The summed E-state index contributed by atoms with van der Waals surface area (Å²) in [7, 11) is 1.76. The van der Waals surface area contributed by atoms with Crippen LogP contribution in [0.3, 0.4) is 0 Å². The minimum Gasteiger partial charge on any atom is -0.147 e. The molecule has 0 N–H and O–H groups in total. The Hall–Kier alpha value is -0.316. The molecule has 0 spiro atoms. The van der Waals surface area contributed by atoms with Crippen molar-refractivity contribution < 1.29 is 22.7 Å². The fourth-order valence-electron chi connectivity index (χ4n) is 2.00. The molecule has 2 rings (SSSR count). The maximum Gasteiger partial charge on any atom is -0.147 e. The van der Waals surface area contributed by atoms with Crippen molar-refractivity contribution in [2.24, 2.45) is 0 Å². The minimum atomic E-state index is -3.15. The van der Waals surface area contributed by atoms with Gasteiger partial charge in [0.05, 0.1) is 0 Å². The van der Waals surface area contributed by atoms with Gasteiger partial charge in [-0.1, -0.05) is 0 Å². The molecule has 0 radical (unpaired) electrons. The first-order valence-corrected chi connectivity index (χ1v) is 12.2. The number of halogens is 2.